The Bertz CT molecular complexity index is 344. The Kier molecular flexibility index (Phi) is 1.65. The van der Waals surface area contributed by atoms with Crippen molar-refractivity contribution in [3.63, 3.8) is 0 Å². The van der Waals surface area contributed by atoms with Gasteiger partial charge in [-0.2, -0.15) is 0 Å². The second-order valence-corrected chi connectivity index (χ2v) is 2.85. The topological polar surface area (TPSA) is 62.9 Å². The molecule has 1 aromatic heterocycles. The van der Waals surface area contributed by atoms with Crippen LogP contribution in [0.5, 0.6) is 5.75 Å². The van der Waals surface area contributed by atoms with Crippen LogP contribution in [0.25, 0.3) is 0 Å². The molecule has 0 saturated carbocycles. The van der Waals surface area contributed by atoms with Crippen LogP contribution in [0.3, 0.4) is 0 Å². The molecule has 0 atom stereocenters. The fourth-order valence-corrected chi connectivity index (χ4v) is 1.36. The van der Waals surface area contributed by atoms with E-state index >= 15 is 0 Å². The van der Waals surface area contributed by atoms with Gasteiger partial charge in [0.25, 0.3) is 0 Å². The van der Waals surface area contributed by atoms with Crippen LogP contribution in [0, 0.1) is 0 Å². The lowest BCUT2D eigenvalue weighted by molar-refractivity contribution is 0.0663. The quantitative estimate of drug-likeness (QED) is 0.697. The molecule has 2 rings (SSSR count). The maximum atomic E-state index is 10.7. The van der Waals surface area contributed by atoms with Crippen molar-refractivity contribution in [1.82, 2.24) is 0 Å². The predicted octanol–water partition coefficient (Wildman–Crippen LogP) is 0.806. The molecule has 13 heavy (non-hydrogen) atoms. The van der Waals surface area contributed by atoms with Crippen LogP contribution in [0.15, 0.2) is 10.7 Å². The highest BCUT2D eigenvalue weighted by molar-refractivity contribution is 5.93. The Labute approximate surface area is 74.5 Å². The Balaban J connectivity index is 2.50. The van der Waals surface area contributed by atoms with Gasteiger partial charge in [0.2, 0.25) is 5.76 Å². The number of carbonyl (C=O) groups is 1. The number of rotatable bonds is 1. The van der Waals surface area contributed by atoms with Gasteiger partial charge in [-0.3, -0.25) is 0 Å². The molecule has 1 N–H and O–H groups in total. The maximum absolute atomic E-state index is 10.7. The number of hydrogen-bond donors (Lipinski definition) is 1. The largest absolute Gasteiger partial charge is 0.486 e. The highest BCUT2D eigenvalue weighted by Crippen LogP contribution is 2.35. The molecule has 0 saturated heterocycles. The SMILES string of the molecule is CN1CCOc2coc(C(=O)O)c21. The number of anilines is 1. The summed E-state index contributed by atoms with van der Waals surface area (Å²) in [5, 5.41) is 8.77. The normalized spacial score (nSPS) is 15.0. The zero-order valence-corrected chi connectivity index (χ0v) is 7.11. The minimum atomic E-state index is -1.07. The summed E-state index contributed by atoms with van der Waals surface area (Å²) in [6.45, 7) is 1.23. The molecular weight excluding hydrogens is 174 g/mol. The van der Waals surface area contributed by atoms with Crippen LogP contribution in [0.1, 0.15) is 10.6 Å². The molecule has 1 aliphatic heterocycles. The van der Waals surface area contributed by atoms with Crippen LogP contribution in [-0.2, 0) is 0 Å². The van der Waals surface area contributed by atoms with Gasteiger partial charge in [0.05, 0.1) is 6.54 Å². The average Bonchev–Trinajstić information content (AvgIpc) is 2.49. The van der Waals surface area contributed by atoms with E-state index in [0.717, 1.165) is 0 Å². The number of aromatic carboxylic acids is 1. The Hall–Kier alpha value is -1.65. The summed E-state index contributed by atoms with van der Waals surface area (Å²) in [6, 6.07) is 0. The first-order valence-corrected chi connectivity index (χ1v) is 3.89. The van der Waals surface area contributed by atoms with E-state index < -0.39 is 5.97 Å². The molecule has 5 heteroatoms. The number of carboxylic acids is 1. The van der Waals surface area contributed by atoms with E-state index in [1.54, 1.807) is 0 Å². The Morgan fingerprint density at radius 3 is 3.15 bits per heavy atom. The molecule has 0 aromatic carbocycles. The van der Waals surface area contributed by atoms with E-state index in [4.69, 9.17) is 14.3 Å². The monoisotopic (exact) mass is 183 g/mol. The van der Waals surface area contributed by atoms with Crippen molar-refractivity contribution in [2.24, 2.45) is 0 Å². The van der Waals surface area contributed by atoms with E-state index in [9.17, 15) is 4.79 Å². The zero-order valence-electron chi connectivity index (χ0n) is 7.11. The van der Waals surface area contributed by atoms with Gasteiger partial charge < -0.3 is 19.2 Å². The van der Waals surface area contributed by atoms with Gasteiger partial charge in [-0.15, -0.1) is 0 Å². The summed E-state index contributed by atoms with van der Waals surface area (Å²) in [5.74, 6) is -0.623. The molecule has 0 radical (unpaired) electrons. The van der Waals surface area contributed by atoms with Crippen LogP contribution in [0.2, 0.25) is 0 Å². The Morgan fingerprint density at radius 2 is 2.46 bits per heavy atom. The van der Waals surface area contributed by atoms with Crippen molar-refractivity contribution in [3.8, 4) is 5.75 Å². The van der Waals surface area contributed by atoms with Crippen LogP contribution >= 0.6 is 0 Å². The predicted molar refractivity (Wildman–Crippen MR) is 44.4 cm³/mol. The van der Waals surface area contributed by atoms with Crippen LogP contribution < -0.4 is 9.64 Å². The van der Waals surface area contributed by atoms with E-state index in [2.05, 4.69) is 0 Å². The molecule has 0 amide bonds. The summed E-state index contributed by atoms with van der Waals surface area (Å²) in [4.78, 5) is 12.5. The third-order valence-electron chi connectivity index (χ3n) is 1.99. The number of ether oxygens (including phenoxy) is 1. The van der Waals surface area contributed by atoms with Crippen molar-refractivity contribution in [1.29, 1.82) is 0 Å². The number of carboxylic acid groups (broad SMARTS) is 1. The summed E-state index contributed by atoms with van der Waals surface area (Å²) < 4.78 is 10.1. The second-order valence-electron chi connectivity index (χ2n) is 2.85. The minimum Gasteiger partial charge on any atom is -0.486 e. The lowest BCUT2D eigenvalue weighted by Crippen LogP contribution is -2.29. The Morgan fingerprint density at radius 1 is 1.69 bits per heavy atom. The summed E-state index contributed by atoms with van der Waals surface area (Å²) >= 11 is 0. The number of likely N-dealkylation sites (N-methyl/N-ethyl adjacent to an activating group) is 1. The van der Waals surface area contributed by atoms with E-state index in [1.165, 1.54) is 6.26 Å². The lowest BCUT2D eigenvalue weighted by atomic mass is 10.3. The maximum Gasteiger partial charge on any atom is 0.374 e. The zero-order chi connectivity index (χ0) is 9.42. The number of furan rings is 1. The lowest BCUT2D eigenvalue weighted by Gasteiger charge is -2.24. The number of hydrogen-bond acceptors (Lipinski definition) is 4. The molecular formula is C8H9NO4. The summed E-state index contributed by atoms with van der Waals surface area (Å²) in [7, 11) is 1.81. The van der Waals surface area contributed by atoms with E-state index in [1.807, 2.05) is 11.9 Å². The molecule has 1 aliphatic rings. The van der Waals surface area contributed by atoms with Crippen molar-refractivity contribution < 1.29 is 19.1 Å². The van der Waals surface area contributed by atoms with Crippen molar-refractivity contribution >= 4 is 11.7 Å². The number of fused-ring (bicyclic) bond motifs is 1. The summed E-state index contributed by atoms with van der Waals surface area (Å²) in [5.41, 5.74) is 0.527. The second kappa shape index (κ2) is 2.69. The fraction of sp³-hybridized carbons (Fsp3) is 0.375. The van der Waals surface area contributed by atoms with Gasteiger partial charge >= 0.3 is 5.97 Å². The highest BCUT2D eigenvalue weighted by atomic mass is 16.5. The molecule has 2 heterocycles. The third-order valence-corrected chi connectivity index (χ3v) is 1.99. The molecule has 0 fully saturated rings. The first kappa shape index (κ1) is 7.97. The highest BCUT2D eigenvalue weighted by Gasteiger charge is 2.26. The molecule has 70 valence electrons. The van der Waals surface area contributed by atoms with Gasteiger partial charge in [-0.1, -0.05) is 0 Å². The van der Waals surface area contributed by atoms with Crippen molar-refractivity contribution in [2.45, 2.75) is 0 Å². The van der Waals surface area contributed by atoms with E-state index in [-0.39, 0.29) is 5.76 Å². The summed E-state index contributed by atoms with van der Waals surface area (Å²) in [6.07, 6.45) is 1.33. The minimum absolute atomic E-state index is 0.0581. The van der Waals surface area contributed by atoms with Crippen molar-refractivity contribution in [3.05, 3.63) is 12.0 Å². The molecule has 0 aliphatic carbocycles. The van der Waals surface area contributed by atoms with E-state index in [0.29, 0.717) is 24.6 Å². The number of nitrogens with zero attached hydrogens (tertiary/aromatic N) is 1. The van der Waals surface area contributed by atoms with Gasteiger partial charge in [0, 0.05) is 7.05 Å². The molecule has 0 bridgehead atoms. The van der Waals surface area contributed by atoms with Crippen LogP contribution in [-0.4, -0.2) is 31.3 Å². The van der Waals surface area contributed by atoms with Gasteiger partial charge in [0.15, 0.2) is 5.75 Å². The molecule has 0 unspecified atom stereocenters. The van der Waals surface area contributed by atoms with Crippen molar-refractivity contribution in [2.75, 3.05) is 25.1 Å². The van der Waals surface area contributed by atoms with Crippen LogP contribution in [0.4, 0.5) is 5.69 Å². The smallest absolute Gasteiger partial charge is 0.374 e. The fourth-order valence-electron chi connectivity index (χ4n) is 1.36. The van der Waals surface area contributed by atoms with Gasteiger partial charge in [-0.25, -0.2) is 4.79 Å². The van der Waals surface area contributed by atoms with Gasteiger partial charge in [0.1, 0.15) is 18.6 Å². The standard InChI is InChI=1S/C8H9NO4/c1-9-2-3-12-5-4-13-7(6(5)9)8(10)11/h4H,2-3H2,1H3,(H,10,11). The first-order valence-electron chi connectivity index (χ1n) is 3.89. The molecule has 1 aromatic rings. The average molecular weight is 183 g/mol. The molecule has 5 nitrogen and oxygen atoms in total. The van der Waals surface area contributed by atoms with Gasteiger partial charge in [-0.05, 0) is 0 Å². The molecule has 0 spiro atoms. The third kappa shape index (κ3) is 1.12. The first-order chi connectivity index (χ1) is 6.20.